The minimum Gasteiger partial charge on any atom is -0.271 e. The standard InChI is InChI=1S/C14H14FIN2/c1-9-8-11(15)4-7-13(9)14(18-17)10-2-5-12(16)6-3-10/h2-8,14,18H,17H2,1H3. The fraction of sp³-hybridized carbons (Fsp3) is 0.143. The van der Waals surface area contributed by atoms with Crippen molar-refractivity contribution in [1.29, 1.82) is 0 Å². The van der Waals surface area contributed by atoms with Gasteiger partial charge in [-0.1, -0.05) is 18.2 Å². The summed E-state index contributed by atoms with van der Waals surface area (Å²) in [5.41, 5.74) is 5.72. The molecule has 0 spiro atoms. The van der Waals surface area contributed by atoms with Crippen molar-refractivity contribution >= 4 is 22.6 Å². The summed E-state index contributed by atoms with van der Waals surface area (Å²) in [6, 6.07) is 12.7. The zero-order chi connectivity index (χ0) is 13.1. The van der Waals surface area contributed by atoms with Gasteiger partial charge in [-0.15, -0.1) is 0 Å². The second-order valence-electron chi connectivity index (χ2n) is 4.15. The lowest BCUT2D eigenvalue weighted by Crippen LogP contribution is -2.29. The smallest absolute Gasteiger partial charge is 0.123 e. The molecule has 18 heavy (non-hydrogen) atoms. The molecule has 2 aromatic rings. The van der Waals surface area contributed by atoms with Crippen LogP contribution in [0.3, 0.4) is 0 Å². The van der Waals surface area contributed by atoms with Crippen LogP contribution >= 0.6 is 22.6 Å². The zero-order valence-corrected chi connectivity index (χ0v) is 12.1. The molecule has 0 fully saturated rings. The third kappa shape index (κ3) is 2.88. The first-order valence-corrected chi connectivity index (χ1v) is 6.67. The molecule has 1 unspecified atom stereocenters. The number of hydrogen-bond acceptors (Lipinski definition) is 2. The van der Waals surface area contributed by atoms with Crippen molar-refractivity contribution < 1.29 is 4.39 Å². The third-order valence-corrected chi connectivity index (χ3v) is 3.63. The number of nitrogens with one attached hydrogen (secondary N) is 1. The summed E-state index contributed by atoms with van der Waals surface area (Å²) < 4.78 is 14.3. The summed E-state index contributed by atoms with van der Waals surface area (Å²) in [5.74, 6) is 5.41. The highest BCUT2D eigenvalue weighted by Gasteiger charge is 2.14. The Morgan fingerprint density at radius 2 is 1.83 bits per heavy atom. The van der Waals surface area contributed by atoms with Crippen molar-refractivity contribution in [3.63, 3.8) is 0 Å². The van der Waals surface area contributed by atoms with E-state index in [1.54, 1.807) is 6.07 Å². The number of rotatable bonds is 3. The fourth-order valence-electron chi connectivity index (χ4n) is 1.98. The van der Waals surface area contributed by atoms with E-state index in [9.17, 15) is 4.39 Å². The molecule has 0 radical (unpaired) electrons. The van der Waals surface area contributed by atoms with E-state index >= 15 is 0 Å². The van der Waals surface area contributed by atoms with Crippen LogP contribution < -0.4 is 11.3 Å². The molecule has 3 N–H and O–H groups in total. The van der Waals surface area contributed by atoms with Crippen molar-refractivity contribution in [2.24, 2.45) is 5.84 Å². The van der Waals surface area contributed by atoms with Crippen LogP contribution in [0, 0.1) is 16.3 Å². The van der Waals surface area contributed by atoms with Gasteiger partial charge in [0.15, 0.2) is 0 Å². The average Bonchev–Trinajstić information content (AvgIpc) is 2.35. The Hall–Kier alpha value is -0.980. The van der Waals surface area contributed by atoms with E-state index in [2.05, 4.69) is 28.0 Å². The minimum absolute atomic E-state index is 0.123. The quantitative estimate of drug-likeness (QED) is 0.503. The van der Waals surface area contributed by atoms with E-state index in [1.165, 1.54) is 15.7 Å². The monoisotopic (exact) mass is 356 g/mol. The molecular formula is C14H14FIN2. The number of hydrogen-bond donors (Lipinski definition) is 2. The number of benzene rings is 2. The Kier molecular flexibility index (Phi) is 4.31. The normalized spacial score (nSPS) is 12.4. The highest BCUT2D eigenvalue weighted by Crippen LogP contribution is 2.25. The van der Waals surface area contributed by atoms with Gasteiger partial charge in [0.1, 0.15) is 5.82 Å². The first kappa shape index (κ1) is 13.5. The zero-order valence-electron chi connectivity index (χ0n) is 9.95. The molecule has 0 saturated carbocycles. The van der Waals surface area contributed by atoms with Crippen molar-refractivity contribution in [2.45, 2.75) is 13.0 Å². The SMILES string of the molecule is Cc1cc(F)ccc1C(NN)c1ccc(I)cc1. The largest absolute Gasteiger partial charge is 0.271 e. The number of halogens is 2. The lowest BCUT2D eigenvalue weighted by molar-refractivity contribution is 0.612. The van der Waals surface area contributed by atoms with Gasteiger partial charge >= 0.3 is 0 Å². The first-order chi connectivity index (χ1) is 8.61. The average molecular weight is 356 g/mol. The second kappa shape index (κ2) is 5.77. The molecule has 0 aliphatic carbocycles. The Bertz CT molecular complexity index is 540. The maximum atomic E-state index is 13.1. The fourth-order valence-corrected chi connectivity index (χ4v) is 2.34. The number of nitrogens with two attached hydrogens (primary N) is 1. The summed E-state index contributed by atoms with van der Waals surface area (Å²) in [5, 5.41) is 0. The highest BCUT2D eigenvalue weighted by molar-refractivity contribution is 14.1. The Morgan fingerprint density at radius 3 is 2.39 bits per heavy atom. The van der Waals surface area contributed by atoms with Crippen molar-refractivity contribution in [3.8, 4) is 0 Å². The molecule has 0 aromatic heterocycles. The van der Waals surface area contributed by atoms with E-state index in [1.807, 2.05) is 31.2 Å². The molecule has 94 valence electrons. The van der Waals surface area contributed by atoms with Gasteiger partial charge < -0.3 is 0 Å². The molecule has 2 aromatic carbocycles. The van der Waals surface area contributed by atoms with Gasteiger partial charge in [0.2, 0.25) is 0 Å². The van der Waals surface area contributed by atoms with Gasteiger partial charge in [0.05, 0.1) is 6.04 Å². The van der Waals surface area contributed by atoms with Gasteiger partial charge in [0.25, 0.3) is 0 Å². The van der Waals surface area contributed by atoms with Gasteiger partial charge in [-0.25, -0.2) is 9.82 Å². The first-order valence-electron chi connectivity index (χ1n) is 5.59. The molecule has 0 bridgehead atoms. The second-order valence-corrected chi connectivity index (χ2v) is 5.40. The van der Waals surface area contributed by atoms with E-state index < -0.39 is 0 Å². The van der Waals surface area contributed by atoms with E-state index in [4.69, 9.17) is 5.84 Å². The van der Waals surface area contributed by atoms with Gasteiger partial charge in [-0.3, -0.25) is 5.84 Å². The van der Waals surface area contributed by atoms with Crippen molar-refractivity contribution in [3.05, 3.63) is 68.5 Å². The van der Waals surface area contributed by atoms with Crippen LogP contribution in [0.5, 0.6) is 0 Å². The van der Waals surface area contributed by atoms with Crippen LogP contribution in [-0.4, -0.2) is 0 Å². The van der Waals surface area contributed by atoms with Gasteiger partial charge in [-0.05, 0) is 70.5 Å². The molecule has 0 amide bonds. The van der Waals surface area contributed by atoms with E-state index in [-0.39, 0.29) is 11.9 Å². The van der Waals surface area contributed by atoms with Crippen LogP contribution in [-0.2, 0) is 0 Å². The molecule has 2 rings (SSSR count). The van der Waals surface area contributed by atoms with Crippen molar-refractivity contribution in [2.75, 3.05) is 0 Å². The van der Waals surface area contributed by atoms with Crippen molar-refractivity contribution in [1.82, 2.24) is 5.43 Å². The Balaban J connectivity index is 2.41. The molecule has 0 heterocycles. The van der Waals surface area contributed by atoms with Crippen LogP contribution in [0.2, 0.25) is 0 Å². The lowest BCUT2D eigenvalue weighted by Gasteiger charge is -2.19. The Morgan fingerprint density at radius 1 is 1.17 bits per heavy atom. The highest BCUT2D eigenvalue weighted by atomic mass is 127. The van der Waals surface area contributed by atoms with E-state index in [0.717, 1.165) is 16.7 Å². The minimum atomic E-state index is -0.227. The summed E-state index contributed by atoms with van der Waals surface area (Å²) in [6.07, 6.45) is 0. The lowest BCUT2D eigenvalue weighted by atomic mass is 9.95. The molecule has 2 nitrogen and oxygen atoms in total. The molecule has 1 atom stereocenters. The Labute approximate surface area is 120 Å². The molecule has 0 aliphatic heterocycles. The number of hydrazine groups is 1. The predicted octanol–water partition coefficient (Wildman–Crippen LogP) is 3.29. The maximum Gasteiger partial charge on any atom is 0.123 e. The summed E-state index contributed by atoms with van der Waals surface area (Å²) in [6.45, 7) is 1.88. The van der Waals surface area contributed by atoms with Crippen LogP contribution in [0.15, 0.2) is 42.5 Å². The van der Waals surface area contributed by atoms with Gasteiger partial charge in [0, 0.05) is 3.57 Å². The molecular weight excluding hydrogens is 342 g/mol. The number of aryl methyl sites for hydroxylation is 1. The van der Waals surface area contributed by atoms with Crippen LogP contribution in [0.25, 0.3) is 0 Å². The van der Waals surface area contributed by atoms with Gasteiger partial charge in [-0.2, -0.15) is 0 Å². The van der Waals surface area contributed by atoms with E-state index in [0.29, 0.717) is 0 Å². The topological polar surface area (TPSA) is 38.0 Å². The summed E-state index contributed by atoms with van der Waals surface area (Å²) in [7, 11) is 0. The maximum absolute atomic E-state index is 13.1. The van der Waals surface area contributed by atoms with Crippen LogP contribution in [0.1, 0.15) is 22.7 Å². The van der Waals surface area contributed by atoms with Crippen LogP contribution in [0.4, 0.5) is 4.39 Å². The third-order valence-electron chi connectivity index (χ3n) is 2.91. The molecule has 4 heteroatoms. The summed E-state index contributed by atoms with van der Waals surface area (Å²) >= 11 is 2.26. The summed E-state index contributed by atoms with van der Waals surface area (Å²) in [4.78, 5) is 0. The molecule has 0 aliphatic rings. The molecule has 0 saturated heterocycles. The predicted molar refractivity (Wildman–Crippen MR) is 79.5 cm³/mol.